The SMILES string of the molecule is CCNC(CC(=O)NCCS)C(C)=O. The number of nitrogens with one attached hydrogen (secondary N) is 2. The summed E-state index contributed by atoms with van der Waals surface area (Å²) in [6.45, 7) is 4.61. The second-order valence-corrected chi connectivity index (χ2v) is 3.45. The molecule has 0 aromatic heterocycles. The average molecular weight is 218 g/mol. The maximum atomic E-state index is 11.3. The van der Waals surface area contributed by atoms with Crippen molar-refractivity contribution in [3.05, 3.63) is 0 Å². The number of likely N-dealkylation sites (N-methyl/N-ethyl adjacent to an activating group) is 1. The molecule has 0 radical (unpaired) electrons. The zero-order valence-electron chi connectivity index (χ0n) is 8.67. The number of rotatable bonds is 7. The summed E-state index contributed by atoms with van der Waals surface area (Å²) < 4.78 is 0. The maximum absolute atomic E-state index is 11.3. The second-order valence-electron chi connectivity index (χ2n) is 3.00. The fourth-order valence-corrected chi connectivity index (χ4v) is 1.17. The van der Waals surface area contributed by atoms with E-state index in [1.165, 1.54) is 6.92 Å². The highest BCUT2D eigenvalue weighted by Gasteiger charge is 2.16. The lowest BCUT2D eigenvalue weighted by molar-refractivity contribution is -0.126. The summed E-state index contributed by atoms with van der Waals surface area (Å²) >= 11 is 3.97. The highest BCUT2D eigenvalue weighted by atomic mass is 32.1. The fourth-order valence-electron chi connectivity index (χ4n) is 1.06. The van der Waals surface area contributed by atoms with Gasteiger partial charge in [-0.15, -0.1) is 0 Å². The third kappa shape index (κ3) is 5.99. The van der Waals surface area contributed by atoms with Crippen LogP contribution in [0.5, 0.6) is 0 Å². The first kappa shape index (κ1) is 13.4. The molecule has 1 unspecified atom stereocenters. The van der Waals surface area contributed by atoms with Crippen LogP contribution in [0.1, 0.15) is 20.3 Å². The number of hydrogen-bond acceptors (Lipinski definition) is 4. The van der Waals surface area contributed by atoms with Crippen molar-refractivity contribution in [1.82, 2.24) is 10.6 Å². The number of carbonyl (C=O) groups excluding carboxylic acids is 2. The summed E-state index contributed by atoms with van der Waals surface area (Å²) in [5.74, 6) is 0.491. The van der Waals surface area contributed by atoms with Crippen LogP contribution in [0.15, 0.2) is 0 Å². The van der Waals surface area contributed by atoms with Crippen molar-refractivity contribution in [2.45, 2.75) is 26.3 Å². The Balaban J connectivity index is 3.90. The van der Waals surface area contributed by atoms with Gasteiger partial charge < -0.3 is 10.6 Å². The van der Waals surface area contributed by atoms with Crippen LogP contribution in [-0.4, -0.2) is 36.6 Å². The first-order valence-electron chi connectivity index (χ1n) is 4.73. The molecule has 0 aromatic carbocycles. The predicted octanol–water partition coefficient (Wildman–Crippen LogP) is -0.0104. The molecule has 0 aliphatic rings. The Morgan fingerprint density at radius 1 is 1.43 bits per heavy atom. The molecule has 0 rings (SSSR count). The van der Waals surface area contributed by atoms with Gasteiger partial charge in [-0.25, -0.2) is 0 Å². The minimum atomic E-state index is -0.361. The van der Waals surface area contributed by atoms with Crippen LogP contribution >= 0.6 is 12.6 Å². The van der Waals surface area contributed by atoms with Crippen LogP contribution in [-0.2, 0) is 9.59 Å². The smallest absolute Gasteiger partial charge is 0.222 e. The van der Waals surface area contributed by atoms with E-state index in [2.05, 4.69) is 23.3 Å². The van der Waals surface area contributed by atoms with Gasteiger partial charge in [-0.1, -0.05) is 6.92 Å². The van der Waals surface area contributed by atoms with Gasteiger partial charge >= 0.3 is 0 Å². The number of amides is 1. The molecule has 0 fully saturated rings. The van der Waals surface area contributed by atoms with E-state index < -0.39 is 0 Å². The maximum Gasteiger partial charge on any atom is 0.222 e. The second kappa shape index (κ2) is 7.82. The lowest BCUT2D eigenvalue weighted by Gasteiger charge is -2.13. The van der Waals surface area contributed by atoms with Gasteiger partial charge in [0, 0.05) is 18.7 Å². The molecule has 0 heterocycles. The van der Waals surface area contributed by atoms with Crippen molar-refractivity contribution in [2.24, 2.45) is 0 Å². The molecular weight excluding hydrogens is 200 g/mol. The lowest BCUT2D eigenvalue weighted by Crippen LogP contribution is -2.40. The van der Waals surface area contributed by atoms with E-state index in [4.69, 9.17) is 0 Å². The van der Waals surface area contributed by atoms with E-state index in [1.807, 2.05) is 6.92 Å². The topological polar surface area (TPSA) is 58.2 Å². The van der Waals surface area contributed by atoms with Gasteiger partial charge in [0.15, 0.2) is 0 Å². The Morgan fingerprint density at radius 2 is 2.07 bits per heavy atom. The first-order chi connectivity index (χ1) is 6.61. The molecule has 0 aromatic rings. The quantitative estimate of drug-likeness (QED) is 0.527. The van der Waals surface area contributed by atoms with E-state index >= 15 is 0 Å². The Kier molecular flexibility index (Phi) is 7.51. The van der Waals surface area contributed by atoms with Crippen LogP contribution in [0, 0.1) is 0 Å². The third-order valence-electron chi connectivity index (χ3n) is 1.76. The van der Waals surface area contributed by atoms with Gasteiger partial charge in [-0.3, -0.25) is 9.59 Å². The summed E-state index contributed by atoms with van der Waals surface area (Å²) in [4.78, 5) is 22.3. The van der Waals surface area contributed by atoms with Gasteiger partial charge in [-0.2, -0.15) is 12.6 Å². The summed E-state index contributed by atoms with van der Waals surface area (Å²) in [5, 5.41) is 5.63. The normalized spacial score (nSPS) is 12.2. The summed E-state index contributed by atoms with van der Waals surface area (Å²) in [6, 6.07) is -0.361. The van der Waals surface area contributed by atoms with E-state index in [9.17, 15) is 9.59 Å². The highest BCUT2D eigenvalue weighted by Crippen LogP contribution is 1.93. The van der Waals surface area contributed by atoms with Crippen molar-refractivity contribution in [1.29, 1.82) is 0 Å². The van der Waals surface area contributed by atoms with Crippen LogP contribution in [0.25, 0.3) is 0 Å². The molecule has 0 aliphatic carbocycles. The standard InChI is InChI=1S/C9H18N2O2S/c1-3-10-8(7(2)12)6-9(13)11-4-5-14/h8,10,14H,3-6H2,1-2H3,(H,11,13). The molecule has 1 atom stereocenters. The molecule has 4 nitrogen and oxygen atoms in total. The number of thiol groups is 1. The Labute approximate surface area is 90.2 Å². The molecule has 14 heavy (non-hydrogen) atoms. The number of ketones is 1. The molecule has 82 valence electrons. The van der Waals surface area contributed by atoms with Gasteiger partial charge in [0.05, 0.1) is 6.04 Å². The van der Waals surface area contributed by atoms with E-state index in [1.54, 1.807) is 0 Å². The number of hydrogen-bond donors (Lipinski definition) is 3. The molecule has 1 amide bonds. The van der Waals surface area contributed by atoms with Gasteiger partial charge in [-0.05, 0) is 13.5 Å². The molecule has 0 saturated carbocycles. The van der Waals surface area contributed by atoms with Crippen LogP contribution in [0.4, 0.5) is 0 Å². The Morgan fingerprint density at radius 3 is 2.50 bits per heavy atom. The van der Waals surface area contributed by atoms with Gasteiger partial charge in [0.25, 0.3) is 0 Å². The summed E-state index contributed by atoms with van der Waals surface area (Å²) in [6.07, 6.45) is 0.205. The molecule has 0 bridgehead atoms. The third-order valence-corrected chi connectivity index (χ3v) is 1.99. The predicted molar refractivity (Wildman–Crippen MR) is 59.6 cm³/mol. The summed E-state index contributed by atoms with van der Waals surface area (Å²) in [5.41, 5.74) is 0. The van der Waals surface area contributed by atoms with E-state index in [0.29, 0.717) is 18.8 Å². The molecular formula is C9H18N2O2S. The Hall–Kier alpha value is -0.550. The van der Waals surface area contributed by atoms with Crippen molar-refractivity contribution in [3.8, 4) is 0 Å². The number of Topliss-reactive ketones (excluding diaryl/α,β-unsaturated/α-hetero) is 1. The van der Waals surface area contributed by atoms with Crippen LogP contribution in [0.3, 0.4) is 0 Å². The van der Waals surface area contributed by atoms with Crippen molar-refractivity contribution in [3.63, 3.8) is 0 Å². The average Bonchev–Trinajstić information content (AvgIpc) is 2.14. The molecule has 0 saturated heterocycles. The van der Waals surface area contributed by atoms with Gasteiger partial charge in [0.2, 0.25) is 5.91 Å². The molecule has 0 spiro atoms. The monoisotopic (exact) mass is 218 g/mol. The zero-order chi connectivity index (χ0) is 11.0. The lowest BCUT2D eigenvalue weighted by atomic mass is 10.1. The van der Waals surface area contributed by atoms with Crippen molar-refractivity contribution in [2.75, 3.05) is 18.8 Å². The molecule has 2 N–H and O–H groups in total. The van der Waals surface area contributed by atoms with Crippen molar-refractivity contribution < 1.29 is 9.59 Å². The molecule has 5 heteroatoms. The van der Waals surface area contributed by atoms with Crippen molar-refractivity contribution >= 4 is 24.3 Å². The zero-order valence-corrected chi connectivity index (χ0v) is 9.56. The van der Waals surface area contributed by atoms with Crippen LogP contribution in [0.2, 0.25) is 0 Å². The van der Waals surface area contributed by atoms with Gasteiger partial charge in [0.1, 0.15) is 5.78 Å². The largest absolute Gasteiger partial charge is 0.355 e. The van der Waals surface area contributed by atoms with E-state index in [-0.39, 0.29) is 24.2 Å². The first-order valence-corrected chi connectivity index (χ1v) is 5.36. The Bertz CT molecular complexity index is 197. The molecule has 0 aliphatic heterocycles. The fraction of sp³-hybridized carbons (Fsp3) is 0.778. The minimum Gasteiger partial charge on any atom is -0.355 e. The number of carbonyl (C=O) groups is 2. The van der Waals surface area contributed by atoms with E-state index in [0.717, 1.165) is 0 Å². The highest BCUT2D eigenvalue weighted by molar-refractivity contribution is 7.80. The summed E-state index contributed by atoms with van der Waals surface area (Å²) in [7, 11) is 0. The van der Waals surface area contributed by atoms with Crippen LogP contribution < -0.4 is 10.6 Å². The minimum absolute atomic E-state index is 0.00660.